The number of carboxylic acid groups (broad SMARTS) is 1. The molecule has 1 heterocycles. The molecule has 1 aromatic rings. The third kappa shape index (κ3) is 5.09. The quantitative estimate of drug-likeness (QED) is 0.837. The second kappa shape index (κ2) is 7.30. The SMILES string of the molecule is O=C(CCc1ccccc1OC(F)(F)F)N1CCC(O)(C(=O)O)CC1. The smallest absolute Gasteiger partial charge is 0.479 e. The summed E-state index contributed by atoms with van der Waals surface area (Å²) in [6, 6.07) is 5.59. The van der Waals surface area contributed by atoms with Crippen LogP contribution in [0.5, 0.6) is 5.75 Å². The Morgan fingerprint density at radius 1 is 1.20 bits per heavy atom. The molecule has 1 saturated heterocycles. The Hall–Kier alpha value is -2.29. The zero-order chi connectivity index (χ0) is 18.7. The lowest BCUT2D eigenvalue weighted by Crippen LogP contribution is -2.50. The highest BCUT2D eigenvalue weighted by Gasteiger charge is 2.40. The Morgan fingerprint density at radius 3 is 2.36 bits per heavy atom. The number of aliphatic carboxylic acids is 1. The van der Waals surface area contributed by atoms with Gasteiger partial charge in [-0.2, -0.15) is 0 Å². The Bertz CT molecular complexity index is 639. The molecule has 2 N–H and O–H groups in total. The summed E-state index contributed by atoms with van der Waals surface area (Å²) >= 11 is 0. The average molecular weight is 361 g/mol. The maximum atomic E-state index is 12.4. The first-order chi connectivity index (χ1) is 11.6. The number of hydrogen-bond donors (Lipinski definition) is 2. The number of nitrogens with zero attached hydrogens (tertiary/aromatic N) is 1. The van der Waals surface area contributed by atoms with Gasteiger partial charge in [0.1, 0.15) is 5.75 Å². The number of aryl methyl sites for hydroxylation is 1. The summed E-state index contributed by atoms with van der Waals surface area (Å²) in [7, 11) is 0. The number of likely N-dealkylation sites (tertiary alicyclic amines) is 1. The second-order valence-corrected chi connectivity index (χ2v) is 5.87. The number of para-hydroxylation sites is 1. The van der Waals surface area contributed by atoms with Crippen molar-refractivity contribution in [3.05, 3.63) is 29.8 Å². The second-order valence-electron chi connectivity index (χ2n) is 5.87. The lowest BCUT2D eigenvalue weighted by Gasteiger charge is -2.35. The molecule has 1 aromatic carbocycles. The largest absolute Gasteiger partial charge is 0.573 e. The molecule has 0 atom stereocenters. The molecule has 1 aliphatic heterocycles. The number of piperidine rings is 1. The van der Waals surface area contributed by atoms with E-state index in [9.17, 15) is 27.9 Å². The first kappa shape index (κ1) is 19.0. The third-order valence-electron chi connectivity index (χ3n) is 4.15. The summed E-state index contributed by atoms with van der Waals surface area (Å²) in [6.45, 7) is 0.171. The van der Waals surface area contributed by atoms with Gasteiger partial charge < -0.3 is 19.8 Å². The van der Waals surface area contributed by atoms with Crippen LogP contribution in [0.2, 0.25) is 0 Å². The van der Waals surface area contributed by atoms with Crippen molar-refractivity contribution in [2.75, 3.05) is 13.1 Å². The molecule has 1 fully saturated rings. The maximum absolute atomic E-state index is 12.4. The Labute approximate surface area is 141 Å². The highest BCUT2D eigenvalue weighted by Crippen LogP contribution is 2.28. The van der Waals surface area contributed by atoms with E-state index in [1.54, 1.807) is 6.07 Å². The van der Waals surface area contributed by atoms with Gasteiger partial charge in [-0.3, -0.25) is 4.79 Å². The van der Waals surface area contributed by atoms with Gasteiger partial charge in [0.25, 0.3) is 0 Å². The van der Waals surface area contributed by atoms with Crippen molar-refractivity contribution in [1.29, 1.82) is 0 Å². The van der Waals surface area contributed by atoms with Crippen molar-refractivity contribution < 1.29 is 37.7 Å². The van der Waals surface area contributed by atoms with Gasteiger partial charge >= 0.3 is 12.3 Å². The van der Waals surface area contributed by atoms with Crippen molar-refractivity contribution in [3.8, 4) is 5.75 Å². The van der Waals surface area contributed by atoms with Gasteiger partial charge in [0, 0.05) is 32.4 Å². The minimum absolute atomic E-state index is 0.0380. The number of benzene rings is 1. The number of aliphatic hydroxyl groups is 1. The normalized spacial score (nSPS) is 17.2. The zero-order valence-corrected chi connectivity index (χ0v) is 13.3. The molecule has 0 radical (unpaired) electrons. The number of carbonyl (C=O) groups excluding carboxylic acids is 1. The fraction of sp³-hybridized carbons (Fsp3) is 0.500. The van der Waals surface area contributed by atoms with E-state index in [1.807, 2.05) is 0 Å². The molecule has 0 spiro atoms. The van der Waals surface area contributed by atoms with Crippen LogP contribution in [0, 0.1) is 0 Å². The summed E-state index contributed by atoms with van der Waals surface area (Å²) in [4.78, 5) is 24.5. The Balaban J connectivity index is 1.92. The fourth-order valence-electron chi connectivity index (χ4n) is 2.67. The van der Waals surface area contributed by atoms with Crippen LogP contribution in [-0.4, -0.2) is 52.0 Å². The monoisotopic (exact) mass is 361 g/mol. The maximum Gasteiger partial charge on any atom is 0.573 e. The molecule has 0 aliphatic carbocycles. The number of carbonyl (C=O) groups is 2. The van der Waals surface area contributed by atoms with E-state index < -0.39 is 17.9 Å². The van der Waals surface area contributed by atoms with E-state index >= 15 is 0 Å². The van der Waals surface area contributed by atoms with Crippen molar-refractivity contribution >= 4 is 11.9 Å². The van der Waals surface area contributed by atoms with Crippen molar-refractivity contribution in [1.82, 2.24) is 4.90 Å². The number of hydrogen-bond acceptors (Lipinski definition) is 4. The molecule has 0 bridgehead atoms. The first-order valence-electron chi connectivity index (χ1n) is 7.68. The Morgan fingerprint density at radius 2 is 1.80 bits per heavy atom. The lowest BCUT2D eigenvalue weighted by atomic mass is 9.91. The number of ether oxygens (including phenoxy) is 1. The van der Waals surface area contributed by atoms with Gasteiger partial charge in [-0.05, 0) is 18.1 Å². The van der Waals surface area contributed by atoms with Crippen LogP contribution >= 0.6 is 0 Å². The van der Waals surface area contributed by atoms with Crippen LogP contribution in [0.25, 0.3) is 0 Å². The summed E-state index contributed by atoms with van der Waals surface area (Å²) in [5.41, 5.74) is -1.57. The minimum atomic E-state index is -4.81. The van der Waals surface area contributed by atoms with Crippen molar-refractivity contribution in [2.24, 2.45) is 0 Å². The third-order valence-corrected chi connectivity index (χ3v) is 4.15. The van der Waals surface area contributed by atoms with E-state index in [2.05, 4.69) is 4.74 Å². The van der Waals surface area contributed by atoms with Crippen molar-refractivity contribution in [2.45, 2.75) is 37.6 Å². The molecule has 6 nitrogen and oxygen atoms in total. The predicted octanol–water partition coefficient (Wildman–Crippen LogP) is 1.96. The zero-order valence-electron chi connectivity index (χ0n) is 13.3. The van der Waals surface area contributed by atoms with Gasteiger partial charge in [0.05, 0.1) is 0 Å². The first-order valence-corrected chi connectivity index (χ1v) is 7.68. The van der Waals surface area contributed by atoms with E-state index in [1.165, 1.54) is 23.1 Å². The van der Waals surface area contributed by atoms with E-state index in [0.717, 1.165) is 0 Å². The topological polar surface area (TPSA) is 87.1 Å². The van der Waals surface area contributed by atoms with E-state index in [-0.39, 0.29) is 56.0 Å². The number of rotatable bonds is 5. The summed E-state index contributed by atoms with van der Waals surface area (Å²) in [5.74, 6) is -1.98. The van der Waals surface area contributed by atoms with Gasteiger partial charge in [0.15, 0.2) is 5.60 Å². The molecule has 9 heteroatoms. The van der Waals surface area contributed by atoms with Crippen LogP contribution in [0.15, 0.2) is 24.3 Å². The number of amides is 1. The average Bonchev–Trinajstić information content (AvgIpc) is 2.53. The highest BCUT2D eigenvalue weighted by atomic mass is 19.4. The van der Waals surface area contributed by atoms with Crippen LogP contribution in [0.3, 0.4) is 0 Å². The summed E-state index contributed by atoms with van der Waals surface area (Å²) in [5, 5.41) is 18.8. The molecule has 2 rings (SSSR count). The van der Waals surface area contributed by atoms with E-state index in [0.29, 0.717) is 0 Å². The molecule has 1 amide bonds. The van der Waals surface area contributed by atoms with Crippen LogP contribution < -0.4 is 4.74 Å². The minimum Gasteiger partial charge on any atom is -0.479 e. The standard InChI is InChI=1S/C16H18F3NO5/c17-16(18,19)25-12-4-2-1-3-11(12)5-6-13(21)20-9-7-15(24,8-10-20)14(22)23/h1-4,24H,5-10H2,(H,22,23). The fourth-order valence-corrected chi connectivity index (χ4v) is 2.67. The summed E-state index contributed by atoms with van der Waals surface area (Å²) in [6.07, 6.45) is -4.95. The Kier molecular flexibility index (Phi) is 5.56. The molecular weight excluding hydrogens is 343 g/mol. The number of carboxylic acids is 1. The molecule has 25 heavy (non-hydrogen) atoms. The van der Waals surface area contributed by atoms with E-state index in [4.69, 9.17) is 5.11 Å². The lowest BCUT2D eigenvalue weighted by molar-refractivity contribution is -0.274. The summed E-state index contributed by atoms with van der Waals surface area (Å²) < 4.78 is 41.1. The number of halogens is 3. The molecule has 0 saturated carbocycles. The van der Waals surface area contributed by atoms with Crippen LogP contribution in [0.4, 0.5) is 13.2 Å². The van der Waals surface area contributed by atoms with Gasteiger partial charge in [-0.25, -0.2) is 4.79 Å². The van der Waals surface area contributed by atoms with Crippen LogP contribution in [-0.2, 0) is 16.0 Å². The van der Waals surface area contributed by atoms with Crippen molar-refractivity contribution in [3.63, 3.8) is 0 Å². The molecule has 0 aromatic heterocycles. The van der Waals surface area contributed by atoms with Crippen LogP contribution in [0.1, 0.15) is 24.8 Å². The number of alkyl halides is 3. The van der Waals surface area contributed by atoms with Gasteiger partial charge in [-0.15, -0.1) is 13.2 Å². The predicted molar refractivity (Wildman–Crippen MR) is 79.8 cm³/mol. The molecule has 1 aliphatic rings. The molecule has 0 unspecified atom stereocenters. The van der Waals surface area contributed by atoms with Gasteiger partial charge in [-0.1, -0.05) is 18.2 Å². The molecule has 138 valence electrons. The molecular formula is C16H18F3NO5. The van der Waals surface area contributed by atoms with Gasteiger partial charge in [0.2, 0.25) is 5.91 Å². The highest BCUT2D eigenvalue weighted by molar-refractivity contribution is 5.79.